The number of carbonyl (C=O) groups excluding carboxylic acids is 2. The Bertz CT molecular complexity index is 490. The Balaban J connectivity index is 2.43. The molecule has 0 atom stereocenters. The van der Waals surface area contributed by atoms with E-state index in [1.807, 2.05) is 13.8 Å². The van der Waals surface area contributed by atoms with Crippen molar-refractivity contribution in [2.24, 2.45) is 5.92 Å². The van der Waals surface area contributed by atoms with E-state index in [2.05, 4.69) is 10.6 Å². The minimum absolute atomic E-state index is 0.302. The molecule has 6 heteroatoms. The standard InChI is InChI=1S/C14H17F2N2O2/c1-9(2)6-7-17-12(19)8-18-14(20)10-4-3-5-11(15)13(10)16/h3-5,7,9H,6,8H2,1-2H3,(H,17,19)(H,18,20). The van der Waals surface area contributed by atoms with Crippen LogP contribution in [0.3, 0.4) is 0 Å². The third kappa shape index (κ3) is 4.95. The Morgan fingerprint density at radius 3 is 2.65 bits per heavy atom. The molecule has 1 radical (unpaired) electrons. The number of hydrogen-bond donors (Lipinski definition) is 2. The van der Waals surface area contributed by atoms with Gasteiger partial charge in [0.05, 0.1) is 12.1 Å². The fraction of sp³-hybridized carbons (Fsp3) is 0.357. The van der Waals surface area contributed by atoms with Crippen molar-refractivity contribution in [3.05, 3.63) is 41.9 Å². The highest BCUT2D eigenvalue weighted by Crippen LogP contribution is 2.10. The Morgan fingerprint density at radius 2 is 2.00 bits per heavy atom. The second kappa shape index (κ2) is 7.57. The molecule has 0 unspecified atom stereocenters. The lowest BCUT2D eigenvalue weighted by Crippen LogP contribution is -2.36. The molecule has 1 rings (SSSR count). The van der Waals surface area contributed by atoms with Crippen LogP contribution < -0.4 is 10.6 Å². The summed E-state index contributed by atoms with van der Waals surface area (Å²) < 4.78 is 26.3. The van der Waals surface area contributed by atoms with Gasteiger partial charge in [0.25, 0.3) is 5.91 Å². The van der Waals surface area contributed by atoms with Crippen molar-refractivity contribution in [2.45, 2.75) is 20.3 Å². The number of nitrogens with one attached hydrogen (secondary N) is 2. The van der Waals surface area contributed by atoms with Gasteiger partial charge in [-0.05, 0) is 24.5 Å². The van der Waals surface area contributed by atoms with Gasteiger partial charge < -0.3 is 10.6 Å². The molecule has 0 aliphatic heterocycles. The van der Waals surface area contributed by atoms with E-state index in [1.54, 1.807) is 6.54 Å². The number of rotatable bonds is 6. The summed E-state index contributed by atoms with van der Waals surface area (Å²) in [6.07, 6.45) is 0.707. The van der Waals surface area contributed by atoms with Crippen LogP contribution in [0.5, 0.6) is 0 Å². The van der Waals surface area contributed by atoms with E-state index in [0.717, 1.165) is 12.1 Å². The maximum absolute atomic E-state index is 13.3. The summed E-state index contributed by atoms with van der Waals surface area (Å²) in [5, 5.41) is 4.73. The predicted molar refractivity (Wildman–Crippen MR) is 70.6 cm³/mol. The molecular formula is C14H17F2N2O2. The molecular weight excluding hydrogens is 266 g/mol. The minimum atomic E-state index is -1.23. The van der Waals surface area contributed by atoms with Crippen LogP contribution in [0.2, 0.25) is 0 Å². The molecule has 0 saturated carbocycles. The average Bonchev–Trinajstić information content (AvgIpc) is 2.38. The van der Waals surface area contributed by atoms with Crippen molar-refractivity contribution in [3.63, 3.8) is 0 Å². The lowest BCUT2D eigenvalue weighted by atomic mass is 10.1. The molecule has 0 aromatic heterocycles. The van der Waals surface area contributed by atoms with E-state index in [0.29, 0.717) is 12.3 Å². The predicted octanol–water partition coefficient (Wildman–Crippen LogP) is 2.02. The van der Waals surface area contributed by atoms with E-state index >= 15 is 0 Å². The van der Waals surface area contributed by atoms with Crippen molar-refractivity contribution in [2.75, 3.05) is 6.54 Å². The van der Waals surface area contributed by atoms with Gasteiger partial charge in [0.15, 0.2) is 11.6 Å². The van der Waals surface area contributed by atoms with Gasteiger partial charge in [0, 0.05) is 6.54 Å². The quantitative estimate of drug-likeness (QED) is 0.839. The maximum Gasteiger partial charge on any atom is 0.254 e. The Morgan fingerprint density at radius 1 is 1.30 bits per heavy atom. The topological polar surface area (TPSA) is 58.2 Å². The summed E-state index contributed by atoms with van der Waals surface area (Å²) in [6, 6.07) is 3.29. The van der Waals surface area contributed by atoms with Crippen LogP contribution in [-0.4, -0.2) is 18.4 Å². The van der Waals surface area contributed by atoms with Gasteiger partial charge in [0.2, 0.25) is 5.91 Å². The van der Waals surface area contributed by atoms with Crippen molar-refractivity contribution >= 4 is 11.8 Å². The maximum atomic E-state index is 13.3. The summed E-state index contributed by atoms with van der Waals surface area (Å²) in [6.45, 7) is 5.29. The minimum Gasteiger partial charge on any atom is -0.350 e. The molecule has 1 aromatic carbocycles. The summed E-state index contributed by atoms with van der Waals surface area (Å²) >= 11 is 0. The van der Waals surface area contributed by atoms with Crippen LogP contribution in [0.25, 0.3) is 0 Å². The van der Waals surface area contributed by atoms with Crippen molar-refractivity contribution in [3.8, 4) is 0 Å². The van der Waals surface area contributed by atoms with Gasteiger partial charge >= 0.3 is 0 Å². The first-order valence-corrected chi connectivity index (χ1v) is 6.25. The molecule has 0 bridgehead atoms. The van der Waals surface area contributed by atoms with Crippen LogP contribution in [0.15, 0.2) is 18.2 Å². The molecule has 1 aromatic rings. The van der Waals surface area contributed by atoms with Gasteiger partial charge in [-0.25, -0.2) is 8.78 Å². The third-order valence-electron chi connectivity index (χ3n) is 2.46. The molecule has 2 N–H and O–H groups in total. The van der Waals surface area contributed by atoms with Crippen molar-refractivity contribution < 1.29 is 18.4 Å². The number of halogens is 2. The van der Waals surface area contributed by atoms with E-state index in [1.165, 1.54) is 6.07 Å². The van der Waals surface area contributed by atoms with Crippen LogP contribution in [0.1, 0.15) is 30.6 Å². The highest BCUT2D eigenvalue weighted by atomic mass is 19.2. The van der Waals surface area contributed by atoms with Crippen LogP contribution in [0.4, 0.5) is 8.78 Å². The van der Waals surface area contributed by atoms with Crippen LogP contribution in [0, 0.1) is 24.1 Å². The van der Waals surface area contributed by atoms with E-state index in [-0.39, 0.29) is 6.54 Å². The van der Waals surface area contributed by atoms with Crippen LogP contribution >= 0.6 is 0 Å². The SMILES string of the molecule is CC(C)C[CH]NC(=O)CNC(=O)c1cccc(F)c1F. The number of carbonyl (C=O) groups is 2. The summed E-state index contributed by atoms with van der Waals surface area (Å²) in [7, 11) is 0. The zero-order valence-electron chi connectivity index (χ0n) is 11.4. The second-order valence-electron chi connectivity index (χ2n) is 4.69. The normalized spacial score (nSPS) is 10.4. The Hall–Kier alpha value is -1.98. The van der Waals surface area contributed by atoms with Gasteiger partial charge in [-0.2, -0.15) is 0 Å². The second-order valence-corrected chi connectivity index (χ2v) is 4.69. The van der Waals surface area contributed by atoms with Gasteiger partial charge in [0.1, 0.15) is 0 Å². The smallest absolute Gasteiger partial charge is 0.254 e. The number of amides is 2. The van der Waals surface area contributed by atoms with Crippen LogP contribution in [-0.2, 0) is 4.79 Å². The first kappa shape index (κ1) is 16.1. The fourth-order valence-corrected chi connectivity index (χ4v) is 1.39. The summed E-state index contributed by atoms with van der Waals surface area (Å²) in [5.41, 5.74) is -0.427. The largest absolute Gasteiger partial charge is 0.350 e. The van der Waals surface area contributed by atoms with Gasteiger partial charge in [-0.3, -0.25) is 9.59 Å². The molecule has 0 spiro atoms. The van der Waals surface area contributed by atoms with Gasteiger partial charge in [-0.1, -0.05) is 19.9 Å². The van der Waals surface area contributed by atoms with Crippen molar-refractivity contribution in [1.29, 1.82) is 0 Å². The fourth-order valence-electron chi connectivity index (χ4n) is 1.39. The average molecular weight is 283 g/mol. The molecule has 109 valence electrons. The Labute approximate surface area is 116 Å². The Kier molecular flexibility index (Phi) is 6.09. The third-order valence-corrected chi connectivity index (χ3v) is 2.46. The zero-order valence-corrected chi connectivity index (χ0v) is 11.4. The van der Waals surface area contributed by atoms with Crippen molar-refractivity contribution in [1.82, 2.24) is 10.6 Å². The number of benzene rings is 1. The molecule has 4 nitrogen and oxygen atoms in total. The zero-order chi connectivity index (χ0) is 15.1. The molecule has 0 fully saturated rings. The first-order chi connectivity index (χ1) is 9.41. The molecule has 2 amide bonds. The number of hydrogen-bond acceptors (Lipinski definition) is 2. The summed E-state index contributed by atoms with van der Waals surface area (Å²) in [5.74, 6) is -3.17. The molecule has 0 heterocycles. The van der Waals surface area contributed by atoms with E-state index in [4.69, 9.17) is 0 Å². The molecule has 0 aliphatic rings. The highest BCUT2D eigenvalue weighted by molar-refractivity contribution is 5.96. The lowest BCUT2D eigenvalue weighted by Gasteiger charge is -2.08. The first-order valence-electron chi connectivity index (χ1n) is 6.25. The molecule has 0 saturated heterocycles. The summed E-state index contributed by atoms with van der Waals surface area (Å²) in [4.78, 5) is 23.0. The molecule has 0 aliphatic carbocycles. The van der Waals surface area contributed by atoms with E-state index < -0.39 is 29.0 Å². The highest BCUT2D eigenvalue weighted by Gasteiger charge is 2.15. The van der Waals surface area contributed by atoms with Gasteiger partial charge in [-0.15, -0.1) is 0 Å². The monoisotopic (exact) mass is 283 g/mol. The lowest BCUT2D eigenvalue weighted by molar-refractivity contribution is -0.119. The van der Waals surface area contributed by atoms with E-state index in [9.17, 15) is 18.4 Å². The molecule has 20 heavy (non-hydrogen) atoms.